The maximum atomic E-state index is 2.51. The standard InChI is InChI=1S/C13H24/c1-4-11(2)10-13-7-5-6-12(3)8-9-13/h7,11-12H,4-6,8-10H2,1-3H3. The Morgan fingerprint density at radius 3 is 2.92 bits per heavy atom. The fourth-order valence-electron chi connectivity index (χ4n) is 2.03. The SMILES string of the molecule is CCC(C)CC1=CCCC(C)CC1. The number of rotatable bonds is 3. The monoisotopic (exact) mass is 180 g/mol. The third-order valence-corrected chi connectivity index (χ3v) is 3.36. The number of hydrogen-bond donors (Lipinski definition) is 0. The van der Waals surface area contributed by atoms with Crippen molar-refractivity contribution in [3.8, 4) is 0 Å². The van der Waals surface area contributed by atoms with Crippen LogP contribution in [0.4, 0.5) is 0 Å². The molecule has 0 aromatic heterocycles. The predicted octanol–water partition coefficient (Wildman–Crippen LogP) is 4.56. The minimum atomic E-state index is 0.889. The molecule has 0 spiro atoms. The van der Waals surface area contributed by atoms with Crippen molar-refractivity contribution in [2.75, 3.05) is 0 Å². The molecule has 13 heavy (non-hydrogen) atoms. The van der Waals surface area contributed by atoms with Crippen molar-refractivity contribution in [1.82, 2.24) is 0 Å². The Labute approximate surface area is 83.4 Å². The summed E-state index contributed by atoms with van der Waals surface area (Å²) in [6.07, 6.45) is 10.7. The minimum Gasteiger partial charge on any atom is -0.0853 e. The average molecular weight is 180 g/mol. The Kier molecular flexibility index (Phi) is 4.55. The average Bonchev–Trinajstić information content (AvgIpc) is 2.31. The summed E-state index contributed by atoms with van der Waals surface area (Å²) in [7, 11) is 0. The van der Waals surface area contributed by atoms with Gasteiger partial charge in [-0.3, -0.25) is 0 Å². The Balaban J connectivity index is 2.36. The zero-order chi connectivity index (χ0) is 9.68. The molecule has 0 aromatic carbocycles. The van der Waals surface area contributed by atoms with Gasteiger partial charge in [0, 0.05) is 0 Å². The highest BCUT2D eigenvalue weighted by atomic mass is 14.2. The molecule has 0 saturated carbocycles. The maximum absolute atomic E-state index is 2.51. The van der Waals surface area contributed by atoms with Gasteiger partial charge in [0.15, 0.2) is 0 Å². The summed E-state index contributed by atoms with van der Waals surface area (Å²) < 4.78 is 0. The highest BCUT2D eigenvalue weighted by molar-refractivity contribution is 5.04. The fraction of sp³-hybridized carbons (Fsp3) is 0.846. The minimum absolute atomic E-state index is 0.889. The van der Waals surface area contributed by atoms with E-state index in [0.717, 1.165) is 11.8 Å². The van der Waals surface area contributed by atoms with Gasteiger partial charge in [-0.1, -0.05) is 38.8 Å². The van der Waals surface area contributed by atoms with Crippen molar-refractivity contribution in [2.24, 2.45) is 11.8 Å². The Morgan fingerprint density at radius 2 is 2.23 bits per heavy atom. The molecule has 1 aliphatic rings. The third-order valence-electron chi connectivity index (χ3n) is 3.36. The van der Waals surface area contributed by atoms with Crippen molar-refractivity contribution in [3.05, 3.63) is 11.6 Å². The topological polar surface area (TPSA) is 0 Å². The maximum Gasteiger partial charge on any atom is -0.0295 e. The second-order valence-corrected chi connectivity index (χ2v) is 4.80. The summed E-state index contributed by atoms with van der Waals surface area (Å²) in [6, 6.07) is 0. The lowest BCUT2D eigenvalue weighted by molar-refractivity contribution is 0.496. The van der Waals surface area contributed by atoms with Gasteiger partial charge in [0.1, 0.15) is 0 Å². The molecular weight excluding hydrogens is 156 g/mol. The van der Waals surface area contributed by atoms with Crippen LogP contribution in [0.15, 0.2) is 11.6 Å². The van der Waals surface area contributed by atoms with Crippen molar-refractivity contribution >= 4 is 0 Å². The lowest BCUT2D eigenvalue weighted by atomic mass is 9.95. The number of allylic oxidation sites excluding steroid dienone is 2. The molecule has 0 bridgehead atoms. The molecule has 0 N–H and O–H groups in total. The van der Waals surface area contributed by atoms with E-state index in [1.165, 1.54) is 38.5 Å². The van der Waals surface area contributed by atoms with Crippen LogP contribution in [0.1, 0.15) is 59.3 Å². The van der Waals surface area contributed by atoms with Gasteiger partial charge in [-0.2, -0.15) is 0 Å². The van der Waals surface area contributed by atoms with Crippen molar-refractivity contribution in [3.63, 3.8) is 0 Å². The van der Waals surface area contributed by atoms with Crippen LogP contribution in [0.25, 0.3) is 0 Å². The summed E-state index contributed by atoms with van der Waals surface area (Å²) in [5.74, 6) is 1.84. The number of hydrogen-bond acceptors (Lipinski definition) is 0. The van der Waals surface area contributed by atoms with Crippen LogP contribution in [0.3, 0.4) is 0 Å². The van der Waals surface area contributed by atoms with Gasteiger partial charge in [0.25, 0.3) is 0 Å². The summed E-state index contributed by atoms with van der Waals surface area (Å²) in [4.78, 5) is 0. The third kappa shape index (κ3) is 3.97. The van der Waals surface area contributed by atoms with Crippen molar-refractivity contribution in [1.29, 1.82) is 0 Å². The van der Waals surface area contributed by atoms with Crippen LogP contribution in [0, 0.1) is 11.8 Å². The van der Waals surface area contributed by atoms with Crippen LogP contribution in [0.2, 0.25) is 0 Å². The Hall–Kier alpha value is -0.260. The molecule has 2 atom stereocenters. The predicted molar refractivity (Wildman–Crippen MR) is 59.8 cm³/mol. The molecular formula is C13H24. The van der Waals surface area contributed by atoms with Gasteiger partial charge in [-0.15, -0.1) is 0 Å². The highest BCUT2D eigenvalue weighted by Crippen LogP contribution is 2.26. The molecule has 2 unspecified atom stereocenters. The normalized spacial score (nSPS) is 26.4. The first-order valence-corrected chi connectivity index (χ1v) is 5.90. The highest BCUT2D eigenvalue weighted by Gasteiger charge is 2.10. The van der Waals surface area contributed by atoms with Crippen LogP contribution in [0.5, 0.6) is 0 Å². The van der Waals surface area contributed by atoms with Gasteiger partial charge >= 0.3 is 0 Å². The smallest absolute Gasteiger partial charge is 0.0295 e. The summed E-state index contributed by atoms with van der Waals surface area (Å²) in [6.45, 7) is 7.06. The van der Waals surface area contributed by atoms with Crippen LogP contribution in [-0.2, 0) is 0 Å². The largest absolute Gasteiger partial charge is 0.0853 e. The zero-order valence-electron chi connectivity index (χ0n) is 9.47. The summed E-state index contributed by atoms with van der Waals surface area (Å²) >= 11 is 0. The van der Waals surface area contributed by atoms with Crippen molar-refractivity contribution < 1.29 is 0 Å². The lowest BCUT2D eigenvalue weighted by Gasteiger charge is -2.11. The first-order chi connectivity index (χ1) is 6.22. The molecule has 0 aromatic rings. The van der Waals surface area contributed by atoms with E-state index in [2.05, 4.69) is 26.8 Å². The zero-order valence-corrected chi connectivity index (χ0v) is 9.47. The van der Waals surface area contributed by atoms with E-state index in [4.69, 9.17) is 0 Å². The molecule has 0 nitrogen and oxygen atoms in total. The van der Waals surface area contributed by atoms with Crippen LogP contribution >= 0.6 is 0 Å². The van der Waals surface area contributed by atoms with Crippen LogP contribution in [-0.4, -0.2) is 0 Å². The van der Waals surface area contributed by atoms with Crippen LogP contribution < -0.4 is 0 Å². The molecule has 0 heterocycles. The van der Waals surface area contributed by atoms with Gasteiger partial charge in [-0.05, 0) is 43.9 Å². The lowest BCUT2D eigenvalue weighted by Crippen LogP contribution is -1.96. The van der Waals surface area contributed by atoms with Gasteiger partial charge in [0.05, 0.1) is 0 Å². The molecule has 0 heteroatoms. The van der Waals surface area contributed by atoms with E-state index in [1.54, 1.807) is 5.57 Å². The molecule has 0 aliphatic heterocycles. The van der Waals surface area contributed by atoms with E-state index < -0.39 is 0 Å². The van der Waals surface area contributed by atoms with E-state index in [9.17, 15) is 0 Å². The first kappa shape index (κ1) is 10.8. The van der Waals surface area contributed by atoms with E-state index in [1.807, 2.05) is 0 Å². The second kappa shape index (κ2) is 5.47. The van der Waals surface area contributed by atoms with Gasteiger partial charge < -0.3 is 0 Å². The molecule has 1 rings (SSSR count). The Morgan fingerprint density at radius 1 is 1.46 bits per heavy atom. The second-order valence-electron chi connectivity index (χ2n) is 4.80. The molecule has 0 amide bonds. The summed E-state index contributed by atoms with van der Waals surface area (Å²) in [5, 5.41) is 0. The molecule has 0 saturated heterocycles. The molecule has 0 fully saturated rings. The van der Waals surface area contributed by atoms with E-state index in [-0.39, 0.29) is 0 Å². The van der Waals surface area contributed by atoms with Gasteiger partial charge in [0.2, 0.25) is 0 Å². The molecule has 0 radical (unpaired) electrons. The quantitative estimate of drug-likeness (QED) is 0.558. The molecule has 1 aliphatic carbocycles. The van der Waals surface area contributed by atoms with E-state index in [0.29, 0.717) is 0 Å². The van der Waals surface area contributed by atoms with E-state index >= 15 is 0 Å². The van der Waals surface area contributed by atoms with Crippen molar-refractivity contribution in [2.45, 2.75) is 59.3 Å². The first-order valence-electron chi connectivity index (χ1n) is 5.90. The molecule has 76 valence electrons. The Bertz CT molecular complexity index is 167. The fourth-order valence-corrected chi connectivity index (χ4v) is 2.03. The van der Waals surface area contributed by atoms with Gasteiger partial charge in [-0.25, -0.2) is 0 Å². The summed E-state index contributed by atoms with van der Waals surface area (Å²) in [5.41, 5.74) is 1.73.